The van der Waals surface area contributed by atoms with E-state index in [-0.39, 0.29) is 5.69 Å². The van der Waals surface area contributed by atoms with Gasteiger partial charge < -0.3 is 5.32 Å². The van der Waals surface area contributed by atoms with Gasteiger partial charge in [0.1, 0.15) is 5.82 Å². The molecule has 2 rings (SSSR count). The molecular formula is C14H11N3O3. The van der Waals surface area contributed by atoms with Crippen LogP contribution >= 0.6 is 0 Å². The van der Waals surface area contributed by atoms with E-state index in [0.717, 1.165) is 0 Å². The van der Waals surface area contributed by atoms with Crippen molar-refractivity contribution in [1.29, 1.82) is 0 Å². The molecule has 1 heterocycles. The van der Waals surface area contributed by atoms with Gasteiger partial charge in [-0.25, -0.2) is 4.98 Å². The van der Waals surface area contributed by atoms with Gasteiger partial charge in [-0.05, 0) is 24.3 Å². The first-order valence-electron chi connectivity index (χ1n) is 5.80. The highest BCUT2D eigenvalue weighted by molar-refractivity contribution is 6.01. The summed E-state index contributed by atoms with van der Waals surface area (Å²) in [6.45, 7) is 0. The summed E-state index contributed by atoms with van der Waals surface area (Å²) in [6, 6.07) is 11.3. The zero-order chi connectivity index (χ0) is 14.4. The van der Waals surface area contributed by atoms with E-state index in [2.05, 4.69) is 10.3 Å². The Morgan fingerprint density at radius 1 is 1.20 bits per heavy atom. The van der Waals surface area contributed by atoms with E-state index >= 15 is 0 Å². The number of rotatable bonds is 4. The van der Waals surface area contributed by atoms with Crippen LogP contribution in [-0.2, 0) is 4.79 Å². The number of anilines is 1. The van der Waals surface area contributed by atoms with E-state index in [1.54, 1.807) is 42.6 Å². The van der Waals surface area contributed by atoms with Crippen molar-refractivity contribution in [3.8, 4) is 0 Å². The molecule has 0 fully saturated rings. The zero-order valence-corrected chi connectivity index (χ0v) is 10.4. The molecule has 0 spiro atoms. The first-order chi connectivity index (χ1) is 9.66. The molecule has 1 amide bonds. The Hall–Kier alpha value is -3.02. The highest BCUT2D eigenvalue weighted by Gasteiger charge is 2.09. The number of carbonyl (C=O) groups excluding carboxylic acids is 1. The number of hydrogen-bond acceptors (Lipinski definition) is 4. The van der Waals surface area contributed by atoms with Crippen molar-refractivity contribution in [2.24, 2.45) is 0 Å². The van der Waals surface area contributed by atoms with Gasteiger partial charge in [0.15, 0.2) is 0 Å². The number of pyridine rings is 1. The van der Waals surface area contributed by atoms with Gasteiger partial charge in [-0.3, -0.25) is 14.9 Å². The zero-order valence-electron chi connectivity index (χ0n) is 10.4. The molecule has 0 aliphatic rings. The van der Waals surface area contributed by atoms with Gasteiger partial charge in [-0.1, -0.05) is 18.2 Å². The van der Waals surface area contributed by atoms with E-state index in [9.17, 15) is 14.9 Å². The number of amides is 1. The Balaban J connectivity index is 2.10. The molecule has 0 radical (unpaired) electrons. The Kier molecular flexibility index (Phi) is 4.18. The van der Waals surface area contributed by atoms with E-state index in [0.29, 0.717) is 11.4 Å². The van der Waals surface area contributed by atoms with Crippen LogP contribution in [0, 0.1) is 10.1 Å². The lowest BCUT2D eigenvalue weighted by Gasteiger charge is -2.00. The first-order valence-corrected chi connectivity index (χ1v) is 5.80. The normalized spacial score (nSPS) is 10.4. The number of nitro groups is 1. The van der Waals surface area contributed by atoms with Gasteiger partial charge in [0.2, 0.25) is 5.91 Å². The largest absolute Gasteiger partial charge is 0.307 e. The summed E-state index contributed by atoms with van der Waals surface area (Å²) < 4.78 is 0. The summed E-state index contributed by atoms with van der Waals surface area (Å²) in [5, 5.41) is 13.4. The molecule has 2 aromatic rings. The average molecular weight is 269 g/mol. The lowest BCUT2D eigenvalue weighted by Crippen LogP contribution is -2.08. The minimum Gasteiger partial charge on any atom is -0.307 e. The topological polar surface area (TPSA) is 85.1 Å². The van der Waals surface area contributed by atoms with Gasteiger partial charge in [-0.15, -0.1) is 0 Å². The summed E-state index contributed by atoms with van der Waals surface area (Å²) in [5.74, 6) is 0.0200. The Morgan fingerprint density at radius 2 is 1.95 bits per heavy atom. The van der Waals surface area contributed by atoms with Crippen LogP contribution in [0.5, 0.6) is 0 Å². The number of nitro benzene ring substituents is 1. The van der Waals surface area contributed by atoms with Gasteiger partial charge in [0.25, 0.3) is 5.69 Å². The SMILES string of the molecule is O=C(/C=C/c1ccccc1[N+](=O)[O-])Nc1ccccn1. The van der Waals surface area contributed by atoms with Crippen LogP contribution in [0.25, 0.3) is 6.08 Å². The summed E-state index contributed by atoms with van der Waals surface area (Å²) in [6.07, 6.45) is 4.19. The molecule has 0 bridgehead atoms. The van der Waals surface area contributed by atoms with Crippen molar-refractivity contribution in [1.82, 2.24) is 4.98 Å². The highest BCUT2D eigenvalue weighted by atomic mass is 16.6. The second-order valence-electron chi connectivity index (χ2n) is 3.85. The summed E-state index contributed by atoms with van der Waals surface area (Å²) in [5.41, 5.74) is 0.322. The molecule has 6 nitrogen and oxygen atoms in total. The maximum atomic E-state index is 11.7. The number of benzene rings is 1. The van der Waals surface area contributed by atoms with E-state index in [1.807, 2.05) is 0 Å². The van der Waals surface area contributed by atoms with Crippen LogP contribution in [0.3, 0.4) is 0 Å². The minimum absolute atomic E-state index is 0.0469. The fourth-order valence-corrected chi connectivity index (χ4v) is 1.56. The molecule has 0 saturated heterocycles. The van der Waals surface area contributed by atoms with Crippen LogP contribution in [0.4, 0.5) is 11.5 Å². The first kappa shape index (κ1) is 13.4. The second kappa shape index (κ2) is 6.24. The Bertz CT molecular complexity index is 654. The number of carbonyl (C=O) groups is 1. The number of nitrogens with one attached hydrogen (secondary N) is 1. The average Bonchev–Trinajstić information content (AvgIpc) is 2.46. The predicted molar refractivity (Wildman–Crippen MR) is 75.0 cm³/mol. The fourth-order valence-electron chi connectivity index (χ4n) is 1.56. The molecule has 100 valence electrons. The van der Waals surface area contributed by atoms with E-state index in [4.69, 9.17) is 0 Å². The molecule has 20 heavy (non-hydrogen) atoms. The van der Waals surface area contributed by atoms with Crippen molar-refractivity contribution in [2.45, 2.75) is 0 Å². The third kappa shape index (κ3) is 3.49. The molecule has 1 N–H and O–H groups in total. The van der Waals surface area contributed by atoms with Crippen LogP contribution in [0.1, 0.15) is 5.56 Å². The summed E-state index contributed by atoms with van der Waals surface area (Å²) >= 11 is 0. The molecule has 6 heteroatoms. The monoisotopic (exact) mass is 269 g/mol. The fraction of sp³-hybridized carbons (Fsp3) is 0. The number of nitrogens with zero attached hydrogens (tertiary/aromatic N) is 2. The molecule has 0 aliphatic heterocycles. The van der Waals surface area contributed by atoms with Crippen molar-refractivity contribution in [2.75, 3.05) is 5.32 Å². The molecule has 0 aliphatic carbocycles. The quantitative estimate of drug-likeness (QED) is 0.525. The van der Waals surface area contributed by atoms with Gasteiger partial charge in [-0.2, -0.15) is 0 Å². The molecule has 1 aromatic carbocycles. The van der Waals surface area contributed by atoms with Crippen molar-refractivity contribution >= 4 is 23.5 Å². The Labute approximate surface area is 114 Å². The maximum Gasteiger partial charge on any atom is 0.276 e. The molecule has 0 saturated carbocycles. The number of hydrogen-bond donors (Lipinski definition) is 1. The minimum atomic E-state index is -0.490. The summed E-state index contributed by atoms with van der Waals surface area (Å²) in [7, 11) is 0. The summed E-state index contributed by atoms with van der Waals surface area (Å²) in [4.78, 5) is 25.9. The number of aromatic nitrogens is 1. The van der Waals surface area contributed by atoms with Crippen molar-refractivity contribution < 1.29 is 9.72 Å². The van der Waals surface area contributed by atoms with Crippen LogP contribution in [-0.4, -0.2) is 15.8 Å². The standard InChI is InChI=1S/C14H11N3O3/c18-14(16-13-7-3-4-10-15-13)9-8-11-5-1-2-6-12(11)17(19)20/h1-10H,(H,15,16,18)/b9-8+. The lowest BCUT2D eigenvalue weighted by molar-refractivity contribution is -0.385. The third-order valence-corrected chi connectivity index (χ3v) is 2.46. The lowest BCUT2D eigenvalue weighted by atomic mass is 10.1. The third-order valence-electron chi connectivity index (χ3n) is 2.46. The van der Waals surface area contributed by atoms with E-state index < -0.39 is 10.8 Å². The molecular weight excluding hydrogens is 258 g/mol. The second-order valence-corrected chi connectivity index (χ2v) is 3.85. The van der Waals surface area contributed by atoms with Crippen molar-refractivity contribution in [3.05, 3.63) is 70.4 Å². The smallest absolute Gasteiger partial charge is 0.276 e. The van der Waals surface area contributed by atoms with Crippen LogP contribution in [0.2, 0.25) is 0 Å². The molecule has 1 aromatic heterocycles. The number of para-hydroxylation sites is 1. The maximum absolute atomic E-state index is 11.7. The van der Waals surface area contributed by atoms with E-state index in [1.165, 1.54) is 18.2 Å². The highest BCUT2D eigenvalue weighted by Crippen LogP contribution is 2.18. The predicted octanol–water partition coefficient (Wildman–Crippen LogP) is 2.64. The van der Waals surface area contributed by atoms with Crippen LogP contribution in [0.15, 0.2) is 54.7 Å². The molecule has 0 unspecified atom stereocenters. The van der Waals surface area contributed by atoms with Gasteiger partial charge in [0, 0.05) is 18.3 Å². The Morgan fingerprint density at radius 3 is 2.65 bits per heavy atom. The van der Waals surface area contributed by atoms with Gasteiger partial charge in [0.05, 0.1) is 10.5 Å². The molecule has 0 atom stereocenters. The van der Waals surface area contributed by atoms with Crippen molar-refractivity contribution in [3.63, 3.8) is 0 Å². The van der Waals surface area contributed by atoms with Crippen LogP contribution < -0.4 is 5.32 Å². The van der Waals surface area contributed by atoms with Gasteiger partial charge >= 0.3 is 0 Å².